The Morgan fingerprint density at radius 1 is 1.39 bits per heavy atom. The van der Waals surface area contributed by atoms with Crippen LogP contribution in [-0.4, -0.2) is 17.4 Å². The van der Waals surface area contributed by atoms with Crippen molar-refractivity contribution in [2.75, 3.05) is 11.4 Å². The summed E-state index contributed by atoms with van der Waals surface area (Å²) in [5.41, 5.74) is 2.36. The van der Waals surface area contributed by atoms with E-state index in [1.807, 2.05) is 28.5 Å². The lowest BCUT2D eigenvalue weighted by atomic mass is 10.2. The number of benzene rings is 1. The van der Waals surface area contributed by atoms with Crippen LogP contribution in [0.3, 0.4) is 0 Å². The van der Waals surface area contributed by atoms with Gasteiger partial charge in [-0.05, 0) is 18.1 Å². The molecule has 18 heavy (non-hydrogen) atoms. The van der Waals surface area contributed by atoms with Crippen molar-refractivity contribution in [2.24, 2.45) is 0 Å². The molecule has 0 atom stereocenters. The quantitative estimate of drug-likeness (QED) is 0.848. The van der Waals surface area contributed by atoms with Crippen molar-refractivity contribution in [1.82, 2.24) is 4.98 Å². The van der Waals surface area contributed by atoms with Gasteiger partial charge in [0.1, 0.15) is 0 Å². The number of para-hydroxylation sites is 1. The van der Waals surface area contributed by atoms with Crippen molar-refractivity contribution in [1.29, 1.82) is 0 Å². The largest absolute Gasteiger partial charge is 0.312 e. The minimum absolute atomic E-state index is 0.204. The smallest absolute Gasteiger partial charge is 0.227 e. The summed E-state index contributed by atoms with van der Waals surface area (Å²) in [7, 11) is 0. The first-order valence-corrected chi connectivity index (χ1v) is 6.99. The minimum Gasteiger partial charge on any atom is -0.312 e. The Bertz CT molecular complexity index is 551. The molecule has 3 rings (SSSR count). The monoisotopic (exact) mass is 258 g/mol. The van der Waals surface area contributed by atoms with Gasteiger partial charge in [-0.15, -0.1) is 11.3 Å². The number of amides is 1. The van der Waals surface area contributed by atoms with Gasteiger partial charge in [0.25, 0.3) is 0 Å². The molecule has 3 nitrogen and oxygen atoms in total. The summed E-state index contributed by atoms with van der Waals surface area (Å²) >= 11 is 1.61. The van der Waals surface area contributed by atoms with Crippen LogP contribution in [0.15, 0.2) is 35.8 Å². The van der Waals surface area contributed by atoms with Gasteiger partial charge in [-0.25, -0.2) is 4.98 Å². The first kappa shape index (κ1) is 11.4. The fourth-order valence-electron chi connectivity index (χ4n) is 2.32. The topological polar surface area (TPSA) is 33.2 Å². The van der Waals surface area contributed by atoms with Crippen LogP contribution in [0.5, 0.6) is 0 Å². The van der Waals surface area contributed by atoms with E-state index in [0.717, 1.165) is 30.1 Å². The number of hydrogen-bond donors (Lipinski definition) is 0. The minimum atomic E-state index is 0.204. The number of rotatable bonds is 3. The third kappa shape index (κ3) is 2.16. The first-order valence-electron chi connectivity index (χ1n) is 6.11. The average molecular weight is 258 g/mol. The molecular weight excluding hydrogens is 244 g/mol. The van der Waals surface area contributed by atoms with Crippen LogP contribution in [0.25, 0.3) is 0 Å². The lowest BCUT2D eigenvalue weighted by molar-refractivity contribution is -0.118. The van der Waals surface area contributed by atoms with Gasteiger partial charge in [0.15, 0.2) is 0 Å². The van der Waals surface area contributed by atoms with Gasteiger partial charge in [-0.2, -0.15) is 0 Å². The number of fused-ring (bicyclic) bond motifs is 1. The second-order valence-electron chi connectivity index (χ2n) is 4.35. The van der Waals surface area contributed by atoms with Gasteiger partial charge >= 0.3 is 0 Å². The lowest BCUT2D eigenvalue weighted by Gasteiger charge is -2.16. The summed E-state index contributed by atoms with van der Waals surface area (Å²) in [6.45, 7) is 0.816. The van der Waals surface area contributed by atoms with Gasteiger partial charge < -0.3 is 4.90 Å². The number of hydrogen-bond acceptors (Lipinski definition) is 3. The van der Waals surface area contributed by atoms with E-state index in [4.69, 9.17) is 0 Å². The van der Waals surface area contributed by atoms with E-state index in [1.54, 1.807) is 17.5 Å². The second-order valence-corrected chi connectivity index (χ2v) is 5.33. The molecule has 1 aromatic carbocycles. The molecule has 1 aliphatic heterocycles. The highest BCUT2D eigenvalue weighted by Crippen LogP contribution is 2.28. The van der Waals surface area contributed by atoms with E-state index < -0.39 is 0 Å². The zero-order chi connectivity index (χ0) is 12.4. The predicted molar refractivity (Wildman–Crippen MR) is 72.9 cm³/mol. The summed E-state index contributed by atoms with van der Waals surface area (Å²) in [4.78, 5) is 18.3. The van der Waals surface area contributed by atoms with Crippen molar-refractivity contribution >= 4 is 22.9 Å². The van der Waals surface area contributed by atoms with E-state index >= 15 is 0 Å². The molecule has 1 aromatic heterocycles. The molecule has 4 heteroatoms. The van der Waals surface area contributed by atoms with E-state index in [1.165, 1.54) is 5.56 Å². The highest BCUT2D eigenvalue weighted by atomic mass is 32.1. The molecule has 1 aliphatic rings. The Hall–Kier alpha value is -1.68. The van der Waals surface area contributed by atoms with Gasteiger partial charge in [-0.3, -0.25) is 4.79 Å². The lowest BCUT2D eigenvalue weighted by Crippen LogP contribution is -2.28. The van der Waals surface area contributed by atoms with Gasteiger partial charge in [0, 0.05) is 36.7 Å². The third-order valence-corrected chi connectivity index (χ3v) is 4.06. The molecule has 1 amide bonds. The molecule has 0 saturated heterocycles. The maximum atomic E-state index is 12.2. The Kier molecular flexibility index (Phi) is 3.11. The Labute approximate surface area is 110 Å². The predicted octanol–water partition coefficient (Wildman–Crippen LogP) is 2.67. The number of aromatic nitrogens is 1. The fourth-order valence-corrected chi connectivity index (χ4v) is 2.94. The Morgan fingerprint density at radius 2 is 2.28 bits per heavy atom. The van der Waals surface area contributed by atoms with Crippen LogP contribution in [0.4, 0.5) is 5.69 Å². The van der Waals surface area contributed by atoms with Gasteiger partial charge in [0.2, 0.25) is 5.91 Å². The van der Waals surface area contributed by atoms with Gasteiger partial charge in [0.05, 0.1) is 5.01 Å². The average Bonchev–Trinajstić information content (AvgIpc) is 3.05. The molecule has 0 saturated carbocycles. The maximum Gasteiger partial charge on any atom is 0.227 e. The van der Waals surface area contributed by atoms with Crippen molar-refractivity contribution in [2.45, 2.75) is 19.3 Å². The SMILES string of the molecule is O=C(CCc1nccs1)N1CCc2ccccc21. The van der Waals surface area contributed by atoms with Crippen molar-refractivity contribution in [3.63, 3.8) is 0 Å². The summed E-state index contributed by atoms with van der Waals surface area (Å²) in [5.74, 6) is 0.204. The molecule has 0 radical (unpaired) electrons. The molecule has 0 bridgehead atoms. The fraction of sp³-hybridized carbons (Fsp3) is 0.286. The molecule has 92 valence electrons. The Morgan fingerprint density at radius 3 is 3.11 bits per heavy atom. The summed E-state index contributed by atoms with van der Waals surface area (Å²) in [6.07, 6.45) is 4.05. The molecular formula is C14H14N2OS. The van der Waals surface area contributed by atoms with Crippen LogP contribution in [-0.2, 0) is 17.6 Å². The molecule has 0 unspecified atom stereocenters. The number of carbonyl (C=O) groups excluding carboxylic acids is 1. The molecule has 0 aliphatic carbocycles. The zero-order valence-electron chi connectivity index (χ0n) is 10.0. The van der Waals surface area contributed by atoms with Crippen molar-refractivity contribution in [3.8, 4) is 0 Å². The number of anilines is 1. The van der Waals surface area contributed by atoms with E-state index in [0.29, 0.717) is 6.42 Å². The van der Waals surface area contributed by atoms with Crippen LogP contribution < -0.4 is 4.90 Å². The van der Waals surface area contributed by atoms with Crippen LogP contribution in [0.2, 0.25) is 0 Å². The number of aryl methyl sites for hydroxylation is 1. The van der Waals surface area contributed by atoms with Gasteiger partial charge in [-0.1, -0.05) is 18.2 Å². The maximum absolute atomic E-state index is 12.2. The molecule has 2 heterocycles. The van der Waals surface area contributed by atoms with E-state index in [-0.39, 0.29) is 5.91 Å². The van der Waals surface area contributed by atoms with E-state index in [2.05, 4.69) is 11.1 Å². The Balaban J connectivity index is 1.67. The third-order valence-electron chi connectivity index (χ3n) is 3.22. The van der Waals surface area contributed by atoms with Crippen LogP contribution in [0, 0.1) is 0 Å². The summed E-state index contributed by atoms with van der Waals surface area (Å²) in [5, 5.41) is 2.99. The van der Waals surface area contributed by atoms with Crippen molar-refractivity contribution in [3.05, 3.63) is 46.4 Å². The first-order chi connectivity index (χ1) is 8.84. The molecule has 2 aromatic rings. The highest BCUT2D eigenvalue weighted by molar-refractivity contribution is 7.09. The zero-order valence-corrected chi connectivity index (χ0v) is 10.8. The highest BCUT2D eigenvalue weighted by Gasteiger charge is 2.23. The number of thiazole rings is 1. The summed E-state index contributed by atoms with van der Waals surface area (Å²) in [6, 6.07) is 8.15. The normalized spacial score (nSPS) is 13.7. The number of nitrogens with zero attached hydrogens (tertiary/aromatic N) is 2. The van der Waals surface area contributed by atoms with Crippen LogP contribution in [0.1, 0.15) is 17.0 Å². The molecule has 0 spiro atoms. The van der Waals surface area contributed by atoms with Crippen molar-refractivity contribution < 1.29 is 4.79 Å². The van der Waals surface area contributed by atoms with Crippen LogP contribution >= 0.6 is 11.3 Å². The standard InChI is InChI=1S/C14H14N2OS/c17-14(6-5-13-15-8-10-18-13)16-9-7-11-3-1-2-4-12(11)16/h1-4,8,10H,5-7,9H2. The number of carbonyl (C=O) groups is 1. The summed E-state index contributed by atoms with van der Waals surface area (Å²) < 4.78 is 0. The van der Waals surface area contributed by atoms with E-state index in [9.17, 15) is 4.79 Å². The molecule has 0 fully saturated rings. The second kappa shape index (κ2) is 4.90. The molecule has 0 N–H and O–H groups in total.